The van der Waals surface area contributed by atoms with Crippen molar-refractivity contribution in [2.45, 2.75) is 0 Å². The van der Waals surface area contributed by atoms with Crippen LogP contribution in [0.4, 0.5) is 5.82 Å². The second kappa shape index (κ2) is 5.48. The summed E-state index contributed by atoms with van der Waals surface area (Å²) in [5.74, 6) is 0.112. The van der Waals surface area contributed by atoms with Crippen LogP contribution in [-0.2, 0) is 0 Å². The molecule has 2 aromatic rings. The number of likely N-dealkylation sites (N-methyl/N-ethyl adjacent to an activating group) is 1. The fraction of sp³-hybridized carbons (Fsp3) is 0.357. The average molecular weight is 320 g/mol. The van der Waals surface area contributed by atoms with Gasteiger partial charge < -0.3 is 9.94 Å². The standard InChI is InChI=1S/C14H14ClN5O2/c1-17-4-6-18(7-5-17)14-13(9-16)19(21)12-8-10(15)2-3-11(12)20(14)22/h2-3,8H,4-7H2,1H3. The summed E-state index contributed by atoms with van der Waals surface area (Å²) >= 11 is 5.88. The van der Waals surface area contributed by atoms with Gasteiger partial charge in [0.15, 0.2) is 0 Å². The Hall–Kier alpha value is -2.30. The van der Waals surface area contributed by atoms with E-state index in [9.17, 15) is 15.4 Å². The summed E-state index contributed by atoms with van der Waals surface area (Å²) in [6.45, 7) is 2.71. The molecule has 1 aromatic carbocycles. The zero-order valence-electron chi connectivity index (χ0n) is 12.0. The van der Waals surface area contributed by atoms with Gasteiger partial charge in [0.1, 0.15) is 6.07 Å². The summed E-state index contributed by atoms with van der Waals surface area (Å²) in [5.41, 5.74) is 0.0959. The van der Waals surface area contributed by atoms with Crippen molar-refractivity contribution in [3.63, 3.8) is 0 Å². The number of hydrogen-bond donors (Lipinski definition) is 0. The number of aromatic nitrogens is 2. The van der Waals surface area contributed by atoms with Crippen LogP contribution < -0.4 is 9.33 Å². The van der Waals surface area contributed by atoms with Gasteiger partial charge in [-0.1, -0.05) is 16.5 Å². The summed E-state index contributed by atoms with van der Waals surface area (Å²) in [7, 11) is 1.99. The minimum absolute atomic E-state index is 0.0944. The molecular formula is C14H14ClN5O2. The molecule has 1 fully saturated rings. The van der Waals surface area contributed by atoms with Crippen LogP contribution in [0.15, 0.2) is 18.2 Å². The van der Waals surface area contributed by atoms with E-state index in [0.717, 1.165) is 13.1 Å². The van der Waals surface area contributed by atoms with E-state index in [1.807, 2.05) is 13.1 Å². The van der Waals surface area contributed by atoms with Crippen molar-refractivity contribution in [3.05, 3.63) is 39.0 Å². The third-order valence-electron chi connectivity index (χ3n) is 3.89. The predicted molar refractivity (Wildman–Crippen MR) is 83.5 cm³/mol. The molecule has 0 bridgehead atoms. The second-order valence-electron chi connectivity index (χ2n) is 5.30. The smallest absolute Gasteiger partial charge is 0.356 e. The van der Waals surface area contributed by atoms with E-state index in [2.05, 4.69) is 4.90 Å². The molecule has 3 rings (SSSR count). The fourth-order valence-electron chi connectivity index (χ4n) is 2.64. The summed E-state index contributed by atoms with van der Waals surface area (Å²) < 4.78 is 1.15. The Morgan fingerprint density at radius 1 is 1.32 bits per heavy atom. The van der Waals surface area contributed by atoms with E-state index in [1.165, 1.54) is 12.1 Å². The first-order chi connectivity index (χ1) is 10.5. The van der Waals surface area contributed by atoms with E-state index < -0.39 is 0 Å². The summed E-state index contributed by atoms with van der Waals surface area (Å²) in [6.07, 6.45) is 0. The Morgan fingerprint density at radius 2 is 2.00 bits per heavy atom. The van der Waals surface area contributed by atoms with Crippen LogP contribution in [0.3, 0.4) is 0 Å². The van der Waals surface area contributed by atoms with Gasteiger partial charge >= 0.3 is 5.82 Å². The molecule has 1 aromatic heterocycles. The third kappa shape index (κ3) is 2.26. The lowest BCUT2D eigenvalue weighted by Gasteiger charge is -2.29. The lowest BCUT2D eigenvalue weighted by Crippen LogP contribution is -2.48. The van der Waals surface area contributed by atoms with Crippen LogP contribution in [0.5, 0.6) is 0 Å². The van der Waals surface area contributed by atoms with Crippen LogP contribution in [-0.4, -0.2) is 42.9 Å². The van der Waals surface area contributed by atoms with Crippen LogP contribution in [0.1, 0.15) is 5.69 Å². The highest BCUT2D eigenvalue weighted by molar-refractivity contribution is 6.31. The molecule has 0 amide bonds. The average Bonchev–Trinajstić information content (AvgIpc) is 2.51. The Labute approximate surface area is 131 Å². The highest BCUT2D eigenvalue weighted by atomic mass is 35.5. The van der Waals surface area contributed by atoms with Crippen molar-refractivity contribution in [2.75, 3.05) is 38.1 Å². The van der Waals surface area contributed by atoms with Gasteiger partial charge in [-0.3, -0.25) is 9.80 Å². The minimum atomic E-state index is -0.200. The molecular weight excluding hydrogens is 306 g/mol. The van der Waals surface area contributed by atoms with Gasteiger partial charge in [-0.15, -0.1) is 0 Å². The van der Waals surface area contributed by atoms with Crippen LogP contribution in [0, 0.1) is 21.4 Å². The van der Waals surface area contributed by atoms with Crippen LogP contribution in [0.25, 0.3) is 11.0 Å². The second-order valence-corrected chi connectivity index (χ2v) is 5.73. The largest absolute Gasteiger partial charge is 0.804 e. The van der Waals surface area contributed by atoms with Gasteiger partial charge in [-0.05, 0) is 25.2 Å². The van der Waals surface area contributed by atoms with Crippen molar-refractivity contribution in [3.8, 4) is 6.07 Å². The Morgan fingerprint density at radius 3 is 2.64 bits per heavy atom. The van der Waals surface area contributed by atoms with E-state index in [4.69, 9.17) is 11.6 Å². The number of piperazine rings is 1. The molecule has 114 valence electrons. The van der Waals surface area contributed by atoms with Gasteiger partial charge in [-0.2, -0.15) is 5.26 Å². The molecule has 1 aliphatic rings. The molecule has 0 N–H and O–H groups in total. The van der Waals surface area contributed by atoms with E-state index in [0.29, 0.717) is 27.3 Å². The van der Waals surface area contributed by atoms with Crippen molar-refractivity contribution >= 4 is 28.5 Å². The molecule has 0 atom stereocenters. The van der Waals surface area contributed by atoms with Gasteiger partial charge in [0.05, 0.1) is 18.6 Å². The summed E-state index contributed by atoms with van der Waals surface area (Å²) in [5, 5.41) is 22.1. The van der Waals surface area contributed by atoms with Gasteiger partial charge in [0, 0.05) is 22.5 Å². The first kappa shape index (κ1) is 14.6. The fourth-order valence-corrected chi connectivity index (χ4v) is 2.81. The minimum Gasteiger partial charge on any atom is -0.804 e. The highest BCUT2D eigenvalue weighted by Gasteiger charge is 2.30. The number of nitriles is 1. The summed E-state index contributed by atoms with van der Waals surface area (Å²) in [6, 6.07) is 6.31. The van der Waals surface area contributed by atoms with E-state index in [-0.39, 0.29) is 22.5 Å². The molecule has 0 unspecified atom stereocenters. The molecule has 0 saturated carbocycles. The molecule has 8 heteroatoms. The maximum absolute atomic E-state index is 12.7. The monoisotopic (exact) mass is 319 g/mol. The van der Waals surface area contributed by atoms with E-state index >= 15 is 0 Å². The number of rotatable bonds is 1. The molecule has 7 nitrogen and oxygen atoms in total. The number of fused-ring (bicyclic) bond motifs is 1. The number of hydrogen-bond acceptors (Lipinski definition) is 5. The molecule has 2 heterocycles. The van der Waals surface area contributed by atoms with Crippen molar-refractivity contribution in [2.24, 2.45) is 0 Å². The Kier molecular flexibility index (Phi) is 3.64. The lowest BCUT2D eigenvalue weighted by molar-refractivity contribution is -0.451. The van der Waals surface area contributed by atoms with Crippen LogP contribution >= 0.6 is 11.6 Å². The first-order valence-corrected chi connectivity index (χ1v) is 7.22. The first-order valence-electron chi connectivity index (χ1n) is 6.85. The SMILES string of the molecule is CN1CCN(c2c(C#N)n([O-])c3cc(Cl)ccc3[n+]2=O)CC1. The van der Waals surface area contributed by atoms with Crippen LogP contribution in [0.2, 0.25) is 5.02 Å². The summed E-state index contributed by atoms with van der Waals surface area (Å²) in [4.78, 5) is 16.6. The molecule has 0 radical (unpaired) electrons. The molecule has 1 aliphatic heterocycles. The number of halogens is 1. The zero-order chi connectivity index (χ0) is 15.9. The maximum atomic E-state index is 12.7. The zero-order valence-corrected chi connectivity index (χ0v) is 12.7. The molecule has 0 spiro atoms. The number of nitrogens with zero attached hydrogens (tertiary/aromatic N) is 5. The van der Waals surface area contributed by atoms with E-state index in [1.54, 1.807) is 11.0 Å². The van der Waals surface area contributed by atoms with Crippen molar-refractivity contribution in [1.29, 1.82) is 5.26 Å². The third-order valence-corrected chi connectivity index (χ3v) is 4.13. The number of anilines is 1. The Balaban J connectivity index is 2.26. The van der Waals surface area contributed by atoms with Crippen molar-refractivity contribution in [1.82, 2.24) is 9.63 Å². The van der Waals surface area contributed by atoms with Gasteiger partial charge in [0.25, 0.3) is 0 Å². The molecule has 1 saturated heterocycles. The quantitative estimate of drug-likeness (QED) is 0.737. The van der Waals surface area contributed by atoms with Crippen molar-refractivity contribution < 1.29 is 4.43 Å². The highest BCUT2D eigenvalue weighted by Crippen LogP contribution is 2.23. The number of benzene rings is 1. The normalized spacial score (nSPS) is 16.0. The lowest BCUT2D eigenvalue weighted by atomic mass is 10.2. The Bertz CT molecular complexity index is 834. The molecule has 0 aliphatic carbocycles. The molecule has 22 heavy (non-hydrogen) atoms. The van der Waals surface area contributed by atoms with Gasteiger partial charge in [-0.25, -0.2) is 0 Å². The maximum Gasteiger partial charge on any atom is 0.356 e. The predicted octanol–water partition coefficient (Wildman–Crippen LogP) is 1.18. The van der Waals surface area contributed by atoms with Gasteiger partial charge in [0.2, 0.25) is 11.2 Å². The topological polar surface area (TPSA) is 81.2 Å².